The van der Waals surface area contributed by atoms with Crippen molar-refractivity contribution in [1.29, 1.82) is 0 Å². The Balaban J connectivity index is 2.44. The molecular weight excluding hydrogens is 244 g/mol. The summed E-state index contributed by atoms with van der Waals surface area (Å²) >= 11 is 0. The standard InChI is InChI=1S/C18H30N2/c1-5-9-20-10-7-6-8-16(19)18(20)17-14(3)11-13(2)12-15(17)4/h11-12,16,18H,5-10,19H2,1-4H3. The molecule has 2 atom stereocenters. The van der Waals surface area contributed by atoms with E-state index in [0.29, 0.717) is 6.04 Å². The summed E-state index contributed by atoms with van der Waals surface area (Å²) in [5.41, 5.74) is 12.2. The zero-order chi connectivity index (χ0) is 14.7. The smallest absolute Gasteiger partial charge is 0.0504 e. The van der Waals surface area contributed by atoms with Gasteiger partial charge in [0, 0.05) is 6.04 Å². The van der Waals surface area contributed by atoms with Gasteiger partial charge < -0.3 is 5.73 Å². The first-order valence-electron chi connectivity index (χ1n) is 8.12. The maximum atomic E-state index is 6.57. The van der Waals surface area contributed by atoms with Gasteiger partial charge in [0.25, 0.3) is 0 Å². The Bertz CT molecular complexity index is 430. The molecule has 0 radical (unpaired) electrons. The van der Waals surface area contributed by atoms with Crippen LogP contribution in [0.4, 0.5) is 0 Å². The van der Waals surface area contributed by atoms with Gasteiger partial charge in [-0.05, 0) is 69.8 Å². The van der Waals surface area contributed by atoms with E-state index in [0.717, 1.165) is 13.0 Å². The van der Waals surface area contributed by atoms with E-state index in [1.54, 1.807) is 0 Å². The predicted octanol–water partition coefficient (Wildman–Crippen LogP) is 3.88. The molecule has 0 amide bonds. The zero-order valence-electron chi connectivity index (χ0n) is 13.6. The SMILES string of the molecule is CCCN1CCCCC(N)C1c1c(C)cc(C)cc1C. The Morgan fingerprint density at radius 3 is 2.40 bits per heavy atom. The molecule has 1 fully saturated rings. The first kappa shape index (κ1) is 15.5. The maximum absolute atomic E-state index is 6.57. The fraction of sp³-hybridized carbons (Fsp3) is 0.667. The van der Waals surface area contributed by atoms with Crippen molar-refractivity contribution in [2.45, 2.75) is 65.5 Å². The Morgan fingerprint density at radius 1 is 1.15 bits per heavy atom. The van der Waals surface area contributed by atoms with Crippen molar-refractivity contribution >= 4 is 0 Å². The summed E-state index contributed by atoms with van der Waals surface area (Å²) in [7, 11) is 0. The molecule has 1 aromatic rings. The molecule has 0 aromatic heterocycles. The number of aryl methyl sites for hydroxylation is 3. The topological polar surface area (TPSA) is 29.3 Å². The van der Waals surface area contributed by atoms with E-state index in [2.05, 4.69) is 44.7 Å². The number of nitrogens with zero attached hydrogens (tertiary/aromatic N) is 1. The van der Waals surface area contributed by atoms with Crippen molar-refractivity contribution in [3.8, 4) is 0 Å². The number of hydrogen-bond donors (Lipinski definition) is 1. The van der Waals surface area contributed by atoms with Crippen LogP contribution >= 0.6 is 0 Å². The van der Waals surface area contributed by atoms with Gasteiger partial charge in [0.05, 0.1) is 6.04 Å². The van der Waals surface area contributed by atoms with Gasteiger partial charge in [-0.15, -0.1) is 0 Å². The molecule has 2 heteroatoms. The molecule has 1 aliphatic heterocycles. The van der Waals surface area contributed by atoms with Gasteiger partial charge in [-0.25, -0.2) is 0 Å². The van der Waals surface area contributed by atoms with Gasteiger partial charge in [0.1, 0.15) is 0 Å². The molecule has 1 saturated heterocycles. The molecule has 112 valence electrons. The highest BCUT2D eigenvalue weighted by molar-refractivity contribution is 5.40. The van der Waals surface area contributed by atoms with E-state index in [-0.39, 0.29) is 6.04 Å². The quantitative estimate of drug-likeness (QED) is 0.906. The minimum atomic E-state index is 0.268. The summed E-state index contributed by atoms with van der Waals surface area (Å²) in [6, 6.07) is 5.29. The van der Waals surface area contributed by atoms with E-state index in [1.807, 2.05) is 0 Å². The van der Waals surface area contributed by atoms with Crippen LogP contribution in [-0.2, 0) is 0 Å². The Labute approximate surface area is 124 Å². The van der Waals surface area contributed by atoms with Crippen LogP contribution in [0.15, 0.2) is 12.1 Å². The summed E-state index contributed by atoms with van der Waals surface area (Å²) in [5.74, 6) is 0. The summed E-state index contributed by atoms with van der Waals surface area (Å²) in [5, 5.41) is 0. The molecule has 1 aromatic carbocycles. The van der Waals surface area contributed by atoms with Gasteiger partial charge in [0.15, 0.2) is 0 Å². The van der Waals surface area contributed by atoms with E-state index in [9.17, 15) is 0 Å². The van der Waals surface area contributed by atoms with Crippen LogP contribution in [0.5, 0.6) is 0 Å². The monoisotopic (exact) mass is 274 g/mol. The van der Waals surface area contributed by atoms with E-state index < -0.39 is 0 Å². The molecule has 0 spiro atoms. The lowest BCUT2D eigenvalue weighted by molar-refractivity contribution is 0.184. The van der Waals surface area contributed by atoms with Crippen LogP contribution in [0.1, 0.15) is 60.9 Å². The van der Waals surface area contributed by atoms with Crippen molar-refractivity contribution in [1.82, 2.24) is 4.90 Å². The first-order valence-corrected chi connectivity index (χ1v) is 8.12. The van der Waals surface area contributed by atoms with E-state index in [1.165, 1.54) is 48.1 Å². The predicted molar refractivity (Wildman–Crippen MR) is 87.1 cm³/mol. The average molecular weight is 274 g/mol. The lowest BCUT2D eigenvalue weighted by Crippen LogP contribution is -2.41. The molecular formula is C18H30N2. The van der Waals surface area contributed by atoms with E-state index >= 15 is 0 Å². The van der Waals surface area contributed by atoms with Crippen molar-refractivity contribution in [2.75, 3.05) is 13.1 Å². The molecule has 2 N–H and O–H groups in total. The van der Waals surface area contributed by atoms with Gasteiger partial charge >= 0.3 is 0 Å². The second-order valence-electron chi connectivity index (χ2n) is 6.45. The van der Waals surface area contributed by atoms with Crippen molar-refractivity contribution in [2.24, 2.45) is 5.73 Å². The minimum Gasteiger partial charge on any atom is -0.326 e. The number of likely N-dealkylation sites (tertiary alicyclic amines) is 1. The Kier molecular flexibility index (Phi) is 5.22. The number of nitrogens with two attached hydrogens (primary N) is 1. The number of hydrogen-bond acceptors (Lipinski definition) is 2. The summed E-state index contributed by atoms with van der Waals surface area (Å²) in [4.78, 5) is 2.63. The number of rotatable bonds is 3. The van der Waals surface area contributed by atoms with Crippen molar-refractivity contribution in [3.05, 3.63) is 34.4 Å². The zero-order valence-corrected chi connectivity index (χ0v) is 13.6. The van der Waals surface area contributed by atoms with Crippen LogP contribution < -0.4 is 5.73 Å². The summed E-state index contributed by atoms with van der Waals surface area (Å²) < 4.78 is 0. The maximum Gasteiger partial charge on any atom is 0.0504 e. The fourth-order valence-corrected chi connectivity index (χ4v) is 3.86. The lowest BCUT2D eigenvalue weighted by Gasteiger charge is -2.35. The van der Waals surface area contributed by atoms with Gasteiger partial charge in [-0.3, -0.25) is 4.90 Å². The molecule has 2 rings (SSSR count). The Morgan fingerprint density at radius 2 is 1.80 bits per heavy atom. The highest BCUT2D eigenvalue weighted by Gasteiger charge is 2.30. The van der Waals surface area contributed by atoms with Crippen LogP contribution in [0, 0.1) is 20.8 Å². The molecule has 1 heterocycles. The minimum absolute atomic E-state index is 0.268. The van der Waals surface area contributed by atoms with Gasteiger partial charge in [-0.1, -0.05) is 31.0 Å². The summed E-state index contributed by atoms with van der Waals surface area (Å²) in [6.45, 7) is 11.3. The lowest BCUT2D eigenvalue weighted by atomic mass is 9.88. The highest BCUT2D eigenvalue weighted by Crippen LogP contribution is 2.34. The van der Waals surface area contributed by atoms with Gasteiger partial charge in [0.2, 0.25) is 0 Å². The highest BCUT2D eigenvalue weighted by atomic mass is 15.2. The van der Waals surface area contributed by atoms with Crippen LogP contribution in [0.3, 0.4) is 0 Å². The second kappa shape index (κ2) is 6.73. The molecule has 0 aliphatic carbocycles. The largest absolute Gasteiger partial charge is 0.326 e. The third-order valence-corrected chi connectivity index (χ3v) is 4.58. The Hall–Kier alpha value is -0.860. The molecule has 2 unspecified atom stereocenters. The third-order valence-electron chi connectivity index (χ3n) is 4.58. The molecule has 2 nitrogen and oxygen atoms in total. The normalized spacial score (nSPS) is 24.6. The second-order valence-corrected chi connectivity index (χ2v) is 6.45. The van der Waals surface area contributed by atoms with Crippen LogP contribution in [-0.4, -0.2) is 24.0 Å². The van der Waals surface area contributed by atoms with Crippen molar-refractivity contribution in [3.63, 3.8) is 0 Å². The number of benzene rings is 1. The van der Waals surface area contributed by atoms with E-state index in [4.69, 9.17) is 5.73 Å². The van der Waals surface area contributed by atoms with Gasteiger partial charge in [-0.2, -0.15) is 0 Å². The molecule has 0 bridgehead atoms. The fourth-order valence-electron chi connectivity index (χ4n) is 3.86. The average Bonchev–Trinajstić information content (AvgIpc) is 2.53. The first-order chi connectivity index (χ1) is 9.54. The third kappa shape index (κ3) is 3.24. The van der Waals surface area contributed by atoms with Crippen LogP contribution in [0.2, 0.25) is 0 Å². The molecule has 0 saturated carbocycles. The molecule has 20 heavy (non-hydrogen) atoms. The summed E-state index contributed by atoms with van der Waals surface area (Å²) in [6.07, 6.45) is 4.90. The molecule has 1 aliphatic rings. The van der Waals surface area contributed by atoms with Crippen LogP contribution in [0.25, 0.3) is 0 Å². The van der Waals surface area contributed by atoms with Crippen molar-refractivity contribution < 1.29 is 0 Å².